The van der Waals surface area contributed by atoms with Gasteiger partial charge in [0.1, 0.15) is 5.82 Å². The van der Waals surface area contributed by atoms with E-state index < -0.39 is 5.69 Å². The van der Waals surface area contributed by atoms with Crippen molar-refractivity contribution in [1.29, 1.82) is 0 Å². The molecule has 0 fully saturated rings. The summed E-state index contributed by atoms with van der Waals surface area (Å²) in [6.07, 6.45) is 0. The minimum absolute atomic E-state index is 0.0268. The molecule has 1 aromatic carbocycles. The van der Waals surface area contributed by atoms with E-state index in [9.17, 15) is 4.79 Å². The van der Waals surface area contributed by atoms with E-state index in [4.69, 9.17) is 5.73 Å². The number of rotatable bonds is 1. The summed E-state index contributed by atoms with van der Waals surface area (Å²) < 4.78 is 0.970. The van der Waals surface area contributed by atoms with E-state index in [-0.39, 0.29) is 5.95 Å². The maximum absolute atomic E-state index is 11.2. The molecule has 0 atom stereocenters. The van der Waals surface area contributed by atoms with Crippen LogP contribution in [-0.2, 0) is 0 Å². The van der Waals surface area contributed by atoms with Gasteiger partial charge in [0.05, 0.1) is 0 Å². The molecule has 0 unspecified atom stereocenters. The van der Waals surface area contributed by atoms with Gasteiger partial charge in [-0.25, -0.2) is 4.79 Å². The normalized spacial score (nSPS) is 10.4. The smallest absolute Gasteiger partial charge is 0.349 e. The standard InChI is InChI=1S/C10H9BrN4O/c1-5-4-6(11)2-3-7(5)8-13-9(12)15-10(16)14-8/h2-4H,1H3,(H3,12,13,14,15,16). The highest BCUT2D eigenvalue weighted by Gasteiger charge is 2.06. The summed E-state index contributed by atoms with van der Waals surface area (Å²) in [5, 5.41) is 0. The third-order valence-electron chi connectivity index (χ3n) is 2.11. The molecule has 0 aliphatic rings. The molecule has 6 heteroatoms. The van der Waals surface area contributed by atoms with Gasteiger partial charge in [-0.15, -0.1) is 0 Å². The fraction of sp³-hybridized carbons (Fsp3) is 0.100. The molecule has 0 aliphatic heterocycles. The quantitative estimate of drug-likeness (QED) is 0.829. The molecule has 1 aromatic heterocycles. The average Bonchev–Trinajstić information content (AvgIpc) is 2.15. The lowest BCUT2D eigenvalue weighted by Crippen LogP contribution is -2.15. The maximum atomic E-state index is 11.2. The molecule has 0 radical (unpaired) electrons. The molecule has 0 saturated carbocycles. The average molecular weight is 281 g/mol. The van der Waals surface area contributed by atoms with Gasteiger partial charge in [-0.05, 0) is 30.7 Å². The number of hydrogen-bond acceptors (Lipinski definition) is 4. The van der Waals surface area contributed by atoms with Crippen LogP contribution in [-0.4, -0.2) is 15.0 Å². The Morgan fingerprint density at radius 2 is 2.12 bits per heavy atom. The second-order valence-corrected chi connectivity index (χ2v) is 4.24. The number of nitrogens with two attached hydrogens (primary N) is 1. The largest absolute Gasteiger partial charge is 0.368 e. The minimum Gasteiger partial charge on any atom is -0.368 e. The first-order valence-corrected chi connectivity index (χ1v) is 5.36. The minimum atomic E-state index is -0.496. The van der Waals surface area contributed by atoms with Crippen molar-refractivity contribution in [1.82, 2.24) is 15.0 Å². The topological polar surface area (TPSA) is 84.7 Å². The number of H-pyrrole nitrogens is 1. The lowest BCUT2D eigenvalue weighted by molar-refractivity contribution is 1.01. The summed E-state index contributed by atoms with van der Waals surface area (Å²) in [5.41, 5.74) is 6.75. The lowest BCUT2D eigenvalue weighted by Gasteiger charge is -2.05. The van der Waals surface area contributed by atoms with Crippen LogP contribution in [0.5, 0.6) is 0 Å². The van der Waals surface area contributed by atoms with Crippen molar-refractivity contribution in [3.8, 4) is 11.4 Å². The van der Waals surface area contributed by atoms with Crippen molar-refractivity contribution in [2.45, 2.75) is 6.92 Å². The predicted molar refractivity (Wildman–Crippen MR) is 64.9 cm³/mol. The first-order chi connectivity index (χ1) is 7.56. The summed E-state index contributed by atoms with van der Waals surface area (Å²) in [6, 6.07) is 5.67. The van der Waals surface area contributed by atoms with Gasteiger partial charge < -0.3 is 5.73 Å². The lowest BCUT2D eigenvalue weighted by atomic mass is 10.1. The molecule has 2 rings (SSSR count). The van der Waals surface area contributed by atoms with Gasteiger partial charge in [-0.3, -0.25) is 4.98 Å². The van der Waals surface area contributed by atoms with Gasteiger partial charge in [0.15, 0.2) is 0 Å². The first-order valence-electron chi connectivity index (χ1n) is 4.56. The van der Waals surface area contributed by atoms with Gasteiger partial charge in [-0.2, -0.15) is 9.97 Å². The summed E-state index contributed by atoms with van der Waals surface area (Å²) in [6.45, 7) is 1.93. The molecule has 2 aromatic rings. The number of hydrogen-bond donors (Lipinski definition) is 2. The summed E-state index contributed by atoms with van der Waals surface area (Å²) in [4.78, 5) is 21.2. The van der Waals surface area contributed by atoms with Crippen LogP contribution in [0.25, 0.3) is 11.4 Å². The highest BCUT2D eigenvalue weighted by Crippen LogP contribution is 2.22. The highest BCUT2D eigenvalue weighted by molar-refractivity contribution is 9.10. The number of anilines is 1. The number of nitrogens with one attached hydrogen (secondary N) is 1. The Balaban J connectivity index is 2.63. The SMILES string of the molecule is Cc1cc(Br)ccc1-c1nc(N)nc(=O)[nH]1. The molecule has 82 valence electrons. The molecule has 0 aliphatic carbocycles. The van der Waals surface area contributed by atoms with Crippen molar-refractivity contribution in [3.63, 3.8) is 0 Å². The molecule has 1 heterocycles. The van der Waals surface area contributed by atoms with Crippen LogP contribution in [0.1, 0.15) is 5.56 Å². The van der Waals surface area contributed by atoms with E-state index in [2.05, 4.69) is 30.9 Å². The first kappa shape index (κ1) is 10.8. The van der Waals surface area contributed by atoms with Gasteiger partial charge in [0.25, 0.3) is 0 Å². The van der Waals surface area contributed by atoms with E-state index in [0.29, 0.717) is 5.82 Å². The second kappa shape index (κ2) is 4.05. The summed E-state index contributed by atoms with van der Waals surface area (Å²) in [5.74, 6) is 0.406. The van der Waals surface area contributed by atoms with E-state index in [1.54, 1.807) is 0 Å². The van der Waals surface area contributed by atoms with Crippen molar-refractivity contribution in [2.24, 2.45) is 0 Å². The Hall–Kier alpha value is -1.69. The van der Waals surface area contributed by atoms with E-state index >= 15 is 0 Å². The number of aryl methyl sites for hydroxylation is 1. The Morgan fingerprint density at radius 3 is 2.75 bits per heavy atom. The fourth-order valence-electron chi connectivity index (χ4n) is 1.42. The van der Waals surface area contributed by atoms with Crippen LogP contribution in [0.3, 0.4) is 0 Å². The van der Waals surface area contributed by atoms with Gasteiger partial charge in [-0.1, -0.05) is 15.9 Å². The molecular weight excluding hydrogens is 272 g/mol. The zero-order chi connectivity index (χ0) is 11.7. The van der Waals surface area contributed by atoms with Crippen molar-refractivity contribution in [2.75, 3.05) is 5.73 Å². The number of halogens is 1. The van der Waals surface area contributed by atoms with Crippen LogP contribution in [0, 0.1) is 6.92 Å². The van der Waals surface area contributed by atoms with Gasteiger partial charge in [0.2, 0.25) is 5.95 Å². The molecule has 0 bridgehead atoms. The van der Waals surface area contributed by atoms with Gasteiger partial charge in [0, 0.05) is 10.0 Å². The van der Waals surface area contributed by atoms with E-state index in [1.807, 2.05) is 25.1 Å². The fourth-order valence-corrected chi connectivity index (χ4v) is 1.90. The molecule has 0 spiro atoms. The Bertz CT molecular complexity index is 594. The second-order valence-electron chi connectivity index (χ2n) is 3.32. The summed E-state index contributed by atoms with van der Waals surface area (Å²) >= 11 is 3.37. The highest BCUT2D eigenvalue weighted by atomic mass is 79.9. The Kier molecular flexibility index (Phi) is 2.74. The third-order valence-corrected chi connectivity index (χ3v) is 2.60. The molecule has 16 heavy (non-hydrogen) atoms. The van der Waals surface area contributed by atoms with Crippen molar-refractivity contribution in [3.05, 3.63) is 38.7 Å². The van der Waals surface area contributed by atoms with Crippen LogP contribution in [0.15, 0.2) is 27.5 Å². The number of nitrogens with zero attached hydrogens (tertiary/aromatic N) is 2. The Labute approximate surface area is 99.9 Å². The van der Waals surface area contributed by atoms with Crippen LogP contribution in [0.2, 0.25) is 0 Å². The molecule has 0 amide bonds. The van der Waals surface area contributed by atoms with Crippen LogP contribution in [0.4, 0.5) is 5.95 Å². The zero-order valence-electron chi connectivity index (χ0n) is 8.49. The number of benzene rings is 1. The third kappa shape index (κ3) is 2.11. The maximum Gasteiger partial charge on any atom is 0.349 e. The monoisotopic (exact) mass is 280 g/mol. The van der Waals surface area contributed by atoms with Crippen molar-refractivity contribution < 1.29 is 0 Å². The Morgan fingerprint density at radius 1 is 1.38 bits per heavy atom. The van der Waals surface area contributed by atoms with Crippen LogP contribution >= 0.6 is 15.9 Å². The van der Waals surface area contributed by atoms with E-state index in [1.165, 1.54) is 0 Å². The molecular formula is C10H9BrN4O. The number of aromatic nitrogens is 3. The predicted octanol–water partition coefficient (Wildman–Crippen LogP) is 1.49. The van der Waals surface area contributed by atoms with Crippen LogP contribution < -0.4 is 11.4 Å². The van der Waals surface area contributed by atoms with Crippen molar-refractivity contribution >= 4 is 21.9 Å². The summed E-state index contributed by atoms with van der Waals surface area (Å²) in [7, 11) is 0. The number of nitrogen functional groups attached to an aromatic ring is 1. The van der Waals surface area contributed by atoms with E-state index in [0.717, 1.165) is 15.6 Å². The molecule has 0 saturated heterocycles. The van der Waals surface area contributed by atoms with Gasteiger partial charge >= 0.3 is 5.69 Å². The zero-order valence-corrected chi connectivity index (χ0v) is 10.1. The molecule has 5 nitrogen and oxygen atoms in total. The number of aromatic amines is 1. The molecule has 3 N–H and O–H groups in total.